The standard InChI is InChI=1S/C15H18N2O2/c1-12-7-8-16-15(9-12)17-10-13(18)11-19-14-5-3-2-4-6-14/h2-9,13,18H,10-11H2,1H3,(H,16,17)/t13-/m1/s1. The van der Waals surface area contributed by atoms with Crippen LogP contribution in [0.1, 0.15) is 5.56 Å². The fourth-order valence-corrected chi connectivity index (χ4v) is 1.62. The molecule has 19 heavy (non-hydrogen) atoms. The number of aliphatic hydroxyl groups excluding tert-OH is 1. The van der Waals surface area contributed by atoms with Crippen LogP contribution < -0.4 is 10.1 Å². The van der Waals surface area contributed by atoms with Gasteiger partial charge in [0.2, 0.25) is 0 Å². The van der Waals surface area contributed by atoms with E-state index in [4.69, 9.17) is 4.74 Å². The van der Waals surface area contributed by atoms with E-state index in [1.165, 1.54) is 0 Å². The van der Waals surface area contributed by atoms with Crippen LogP contribution in [0.5, 0.6) is 5.75 Å². The van der Waals surface area contributed by atoms with Crippen LogP contribution in [0.3, 0.4) is 0 Å². The number of para-hydroxylation sites is 1. The van der Waals surface area contributed by atoms with Crippen LogP contribution in [-0.4, -0.2) is 29.3 Å². The van der Waals surface area contributed by atoms with E-state index < -0.39 is 6.10 Å². The Morgan fingerprint density at radius 3 is 2.79 bits per heavy atom. The highest BCUT2D eigenvalue weighted by Crippen LogP contribution is 2.09. The van der Waals surface area contributed by atoms with Gasteiger partial charge in [0, 0.05) is 12.7 Å². The van der Waals surface area contributed by atoms with E-state index in [1.54, 1.807) is 6.20 Å². The third-order valence-electron chi connectivity index (χ3n) is 2.62. The second-order valence-corrected chi connectivity index (χ2v) is 4.38. The largest absolute Gasteiger partial charge is 0.491 e. The smallest absolute Gasteiger partial charge is 0.126 e. The predicted molar refractivity (Wildman–Crippen MR) is 75.4 cm³/mol. The molecule has 0 aliphatic heterocycles. The van der Waals surface area contributed by atoms with Crippen LogP contribution in [0.25, 0.3) is 0 Å². The summed E-state index contributed by atoms with van der Waals surface area (Å²) in [6.45, 7) is 2.66. The lowest BCUT2D eigenvalue weighted by molar-refractivity contribution is 0.117. The van der Waals surface area contributed by atoms with E-state index in [9.17, 15) is 5.11 Å². The lowest BCUT2D eigenvalue weighted by Gasteiger charge is -2.13. The Balaban J connectivity index is 1.74. The zero-order valence-electron chi connectivity index (χ0n) is 10.9. The van der Waals surface area contributed by atoms with Crippen molar-refractivity contribution in [2.75, 3.05) is 18.5 Å². The van der Waals surface area contributed by atoms with Crippen molar-refractivity contribution in [1.82, 2.24) is 4.98 Å². The Morgan fingerprint density at radius 1 is 1.26 bits per heavy atom. The number of ether oxygens (including phenoxy) is 1. The zero-order chi connectivity index (χ0) is 13.5. The maximum atomic E-state index is 9.83. The molecule has 4 nitrogen and oxygen atoms in total. The normalized spacial score (nSPS) is 11.9. The maximum Gasteiger partial charge on any atom is 0.126 e. The van der Waals surface area contributed by atoms with Crippen molar-refractivity contribution in [3.8, 4) is 5.75 Å². The van der Waals surface area contributed by atoms with Crippen molar-refractivity contribution in [2.24, 2.45) is 0 Å². The predicted octanol–water partition coefficient (Wildman–Crippen LogP) is 2.24. The Bertz CT molecular complexity index is 503. The highest BCUT2D eigenvalue weighted by molar-refractivity contribution is 5.36. The SMILES string of the molecule is Cc1ccnc(NC[C@@H](O)COc2ccccc2)c1. The molecule has 2 N–H and O–H groups in total. The summed E-state index contributed by atoms with van der Waals surface area (Å²) < 4.78 is 5.47. The topological polar surface area (TPSA) is 54.4 Å². The quantitative estimate of drug-likeness (QED) is 0.834. The van der Waals surface area contributed by atoms with E-state index >= 15 is 0 Å². The summed E-state index contributed by atoms with van der Waals surface area (Å²) in [6.07, 6.45) is 1.16. The average Bonchev–Trinajstić information content (AvgIpc) is 2.44. The van der Waals surface area contributed by atoms with Crippen LogP contribution in [-0.2, 0) is 0 Å². The number of hydrogen-bond donors (Lipinski definition) is 2. The monoisotopic (exact) mass is 258 g/mol. The minimum absolute atomic E-state index is 0.253. The van der Waals surface area contributed by atoms with Gasteiger partial charge in [-0.1, -0.05) is 18.2 Å². The van der Waals surface area contributed by atoms with Gasteiger partial charge in [-0.3, -0.25) is 0 Å². The van der Waals surface area contributed by atoms with Gasteiger partial charge in [0.25, 0.3) is 0 Å². The first-order chi connectivity index (χ1) is 9.24. The minimum Gasteiger partial charge on any atom is -0.491 e. The molecule has 1 aromatic carbocycles. The van der Waals surface area contributed by atoms with Gasteiger partial charge >= 0.3 is 0 Å². The first-order valence-electron chi connectivity index (χ1n) is 6.26. The number of aromatic nitrogens is 1. The van der Waals surface area contributed by atoms with Gasteiger partial charge < -0.3 is 15.2 Å². The molecule has 0 saturated heterocycles. The van der Waals surface area contributed by atoms with Crippen LogP contribution in [0.4, 0.5) is 5.82 Å². The lowest BCUT2D eigenvalue weighted by atomic mass is 10.3. The van der Waals surface area contributed by atoms with Gasteiger partial charge in [0.15, 0.2) is 0 Å². The number of hydrogen-bond acceptors (Lipinski definition) is 4. The van der Waals surface area contributed by atoms with Crippen LogP contribution >= 0.6 is 0 Å². The molecular weight excluding hydrogens is 240 g/mol. The van der Waals surface area contributed by atoms with Gasteiger partial charge in [-0.2, -0.15) is 0 Å². The molecule has 0 aliphatic carbocycles. The van der Waals surface area contributed by atoms with E-state index in [0.29, 0.717) is 6.54 Å². The molecule has 0 aliphatic rings. The summed E-state index contributed by atoms with van der Waals surface area (Å²) in [6, 6.07) is 13.3. The molecule has 0 radical (unpaired) electrons. The van der Waals surface area contributed by atoms with Crippen molar-refractivity contribution in [2.45, 2.75) is 13.0 Å². The van der Waals surface area contributed by atoms with Gasteiger partial charge in [-0.05, 0) is 36.8 Å². The number of rotatable bonds is 6. The number of aryl methyl sites for hydroxylation is 1. The molecule has 0 saturated carbocycles. The zero-order valence-corrected chi connectivity index (χ0v) is 10.9. The van der Waals surface area contributed by atoms with Crippen LogP contribution in [0, 0.1) is 6.92 Å². The Hall–Kier alpha value is -2.07. The second kappa shape index (κ2) is 6.75. The summed E-state index contributed by atoms with van der Waals surface area (Å²) in [7, 11) is 0. The summed E-state index contributed by atoms with van der Waals surface area (Å²) in [4.78, 5) is 4.17. The van der Waals surface area contributed by atoms with Crippen molar-refractivity contribution >= 4 is 5.82 Å². The van der Waals surface area contributed by atoms with Crippen molar-refractivity contribution in [3.05, 3.63) is 54.2 Å². The van der Waals surface area contributed by atoms with Gasteiger partial charge in [-0.25, -0.2) is 4.98 Å². The first-order valence-corrected chi connectivity index (χ1v) is 6.26. The third kappa shape index (κ3) is 4.60. The van der Waals surface area contributed by atoms with E-state index in [-0.39, 0.29) is 6.61 Å². The average molecular weight is 258 g/mol. The number of nitrogens with zero attached hydrogens (tertiary/aromatic N) is 1. The highest BCUT2D eigenvalue weighted by Gasteiger charge is 2.05. The molecule has 2 rings (SSSR count). The number of nitrogens with one attached hydrogen (secondary N) is 1. The van der Waals surface area contributed by atoms with Gasteiger partial charge in [-0.15, -0.1) is 0 Å². The molecule has 4 heteroatoms. The first kappa shape index (κ1) is 13.4. The number of pyridine rings is 1. The molecule has 0 unspecified atom stereocenters. The summed E-state index contributed by atoms with van der Waals surface area (Å²) in [5.74, 6) is 1.52. The molecule has 1 atom stereocenters. The second-order valence-electron chi connectivity index (χ2n) is 4.38. The molecule has 2 aromatic rings. The van der Waals surface area contributed by atoms with Crippen molar-refractivity contribution < 1.29 is 9.84 Å². The highest BCUT2D eigenvalue weighted by atomic mass is 16.5. The molecule has 0 amide bonds. The van der Waals surface area contributed by atoms with Crippen LogP contribution in [0.15, 0.2) is 48.7 Å². The molecule has 0 bridgehead atoms. The fraction of sp³-hybridized carbons (Fsp3) is 0.267. The van der Waals surface area contributed by atoms with Crippen molar-refractivity contribution in [1.29, 1.82) is 0 Å². The number of benzene rings is 1. The Morgan fingerprint density at radius 2 is 2.05 bits per heavy atom. The summed E-state index contributed by atoms with van der Waals surface area (Å²) >= 11 is 0. The molecule has 1 aromatic heterocycles. The van der Waals surface area contributed by atoms with Gasteiger partial charge in [0.05, 0.1) is 0 Å². The van der Waals surface area contributed by atoms with E-state index in [2.05, 4.69) is 10.3 Å². The summed E-state index contributed by atoms with van der Waals surface area (Å²) in [5.41, 5.74) is 1.13. The summed E-state index contributed by atoms with van der Waals surface area (Å²) in [5, 5.41) is 12.9. The van der Waals surface area contributed by atoms with E-state index in [0.717, 1.165) is 17.1 Å². The molecule has 1 heterocycles. The molecular formula is C15H18N2O2. The third-order valence-corrected chi connectivity index (χ3v) is 2.62. The molecule has 0 spiro atoms. The lowest BCUT2D eigenvalue weighted by Crippen LogP contribution is -2.26. The number of aliphatic hydroxyl groups is 1. The maximum absolute atomic E-state index is 9.83. The van der Waals surface area contributed by atoms with Crippen LogP contribution in [0.2, 0.25) is 0 Å². The minimum atomic E-state index is -0.581. The Labute approximate surface area is 113 Å². The molecule has 100 valence electrons. The number of anilines is 1. The van der Waals surface area contributed by atoms with Crippen molar-refractivity contribution in [3.63, 3.8) is 0 Å². The Kier molecular flexibility index (Phi) is 4.75. The molecule has 0 fully saturated rings. The van der Waals surface area contributed by atoms with E-state index in [1.807, 2.05) is 49.4 Å². The fourth-order valence-electron chi connectivity index (χ4n) is 1.62. The van der Waals surface area contributed by atoms with Gasteiger partial charge in [0.1, 0.15) is 24.3 Å².